The van der Waals surface area contributed by atoms with Gasteiger partial charge in [0.1, 0.15) is 11.2 Å². The fourth-order valence-corrected chi connectivity index (χ4v) is 6.67. The summed E-state index contributed by atoms with van der Waals surface area (Å²) in [5, 5.41) is 2.26. The SMILES string of the molecule is CC1(C)c2ccccc2-c2c1cc1oc3ccc(-c4ccccc4)cc3c1c2N(c1ccccc1)c1ccccc1. The van der Waals surface area contributed by atoms with Crippen LogP contribution in [0.15, 0.2) is 144 Å². The molecule has 0 spiro atoms. The van der Waals surface area contributed by atoms with Gasteiger partial charge in [-0.1, -0.05) is 111 Å². The molecule has 0 N–H and O–H groups in total. The topological polar surface area (TPSA) is 16.4 Å². The van der Waals surface area contributed by atoms with Crippen molar-refractivity contribution in [2.75, 3.05) is 4.90 Å². The molecule has 0 radical (unpaired) electrons. The van der Waals surface area contributed by atoms with Crippen LogP contribution in [0.4, 0.5) is 17.1 Å². The van der Waals surface area contributed by atoms with Crippen molar-refractivity contribution in [2.24, 2.45) is 0 Å². The van der Waals surface area contributed by atoms with E-state index in [1.807, 2.05) is 0 Å². The standard InChI is InChI=1S/C39H29NO/c1-39(2)32-21-13-12-20-30(32)36-33(39)25-35-37(31-24-27(22-23-34(31)41-35)26-14-6-3-7-15-26)38(36)40(28-16-8-4-9-17-28)29-18-10-5-11-19-29/h3-25H,1-2H3. The highest BCUT2D eigenvalue weighted by Crippen LogP contribution is 2.57. The predicted molar refractivity (Wildman–Crippen MR) is 171 cm³/mol. The van der Waals surface area contributed by atoms with Crippen LogP contribution >= 0.6 is 0 Å². The van der Waals surface area contributed by atoms with Gasteiger partial charge in [0.15, 0.2) is 0 Å². The predicted octanol–water partition coefficient (Wildman–Crippen LogP) is 11.0. The number of rotatable bonds is 4. The van der Waals surface area contributed by atoms with E-state index in [0.29, 0.717) is 0 Å². The quantitative estimate of drug-likeness (QED) is 0.226. The molecular weight excluding hydrogens is 498 g/mol. The smallest absolute Gasteiger partial charge is 0.137 e. The first-order valence-corrected chi connectivity index (χ1v) is 14.2. The molecule has 8 rings (SSSR count). The Bertz CT molecular complexity index is 2010. The van der Waals surface area contributed by atoms with Crippen LogP contribution in [0.25, 0.3) is 44.2 Å². The van der Waals surface area contributed by atoms with Gasteiger partial charge in [-0.2, -0.15) is 0 Å². The summed E-state index contributed by atoms with van der Waals surface area (Å²) in [4.78, 5) is 2.42. The molecule has 0 unspecified atom stereocenters. The van der Waals surface area contributed by atoms with E-state index >= 15 is 0 Å². The molecule has 1 heterocycles. The molecule has 7 aromatic rings. The number of para-hydroxylation sites is 2. The van der Waals surface area contributed by atoms with Crippen molar-refractivity contribution < 1.29 is 4.42 Å². The van der Waals surface area contributed by atoms with Crippen LogP contribution in [0, 0.1) is 0 Å². The van der Waals surface area contributed by atoms with Crippen LogP contribution in [-0.4, -0.2) is 0 Å². The second-order valence-electron chi connectivity index (χ2n) is 11.4. The Morgan fingerprint density at radius 1 is 0.537 bits per heavy atom. The van der Waals surface area contributed by atoms with Crippen LogP contribution in [0.2, 0.25) is 0 Å². The lowest BCUT2D eigenvalue weighted by molar-refractivity contribution is 0.647. The van der Waals surface area contributed by atoms with Gasteiger partial charge < -0.3 is 9.32 Å². The van der Waals surface area contributed by atoms with Crippen molar-refractivity contribution in [1.82, 2.24) is 0 Å². The molecule has 0 saturated heterocycles. The van der Waals surface area contributed by atoms with E-state index in [1.165, 1.54) is 33.4 Å². The van der Waals surface area contributed by atoms with Gasteiger partial charge in [-0.15, -0.1) is 0 Å². The summed E-state index contributed by atoms with van der Waals surface area (Å²) in [5.41, 5.74) is 12.6. The van der Waals surface area contributed by atoms with Crippen molar-refractivity contribution in [2.45, 2.75) is 19.3 Å². The molecule has 0 amide bonds. The maximum Gasteiger partial charge on any atom is 0.137 e. The zero-order valence-corrected chi connectivity index (χ0v) is 23.1. The first-order valence-electron chi connectivity index (χ1n) is 14.2. The fraction of sp³-hybridized carbons (Fsp3) is 0.0769. The maximum atomic E-state index is 6.70. The third-order valence-electron chi connectivity index (χ3n) is 8.64. The molecule has 6 aromatic carbocycles. The summed E-state index contributed by atoms with van der Waals surface area (Å²) < 4.78 is 6.70. The average Bonchev–Trinajstić information content (AvgIpc) is 3.50. The highest BCUT2D eigenvalue weighted by Gasteiger charge is 2.40. The van der Waals surface area contributed by atoms with E-state index in [-0.39, 0.29) is 5.41 Å². The van der Waals surface area contributed by atoms with Gasteiger partial charge in [-0.05, 0) is 70.3 Å². The Morgan fingerprint density at radius 3 is 1.83 bits per heavy atom. The summed E-state index contributed by atoms with van der Waals surface area (Å²) >= 11 is 0. The molecule has 0 atom stereocenters. The highest BCUT2D eigenvalue weighted by molar-refractivity contribution is 6.19. The molecule has 196 valence electrons. The van der Waals surface area contributed by atoms with Crippen LogP contribution in [0.5, 0.6) is 0 Å². The average molecular weight is 528 g/mol. The minimum atomic E-state index is -0.165. The number of hydrogen-bond donors (Lipinski definition) is 0. The Morgan fingerprint density at radius 2 is 1.15 bits per heavy atom. The van der Waals surface area contributed by atoms with E-state index in [9.17, 15) is 0 Å². The summed E-state index contributed by atoms with van der Waals surface area (Å²) in [5.74, 6) is 0. The van der Waals surface area contributed by atoms with Crippen LogP contribution < -0.4 is 4.90 Å². The van der Waals surface area contributed by atoms with Gasteiger partial charge in [0.25, 0.3) is 0 Å². The lowest BCUT2D eigenvalue weighted by Gasteiger charge is -2.29. The zero-order chi connectivity index (χ0) is 27.6. The lowest BCUT2D eigenvalue weighted by Crippen LogP contribution is -2.16. The van der Waals surface area contributed by atoms with Crippen molar-refractivity contribution in [3.05, 3.63) is 151 Å². The molecule has 1 aromatic heterocycles. The lowest BCUT2D eigenvalue weighted by atomic mass is 9.82. The summed E-state index contributed by atoms with van der Waals surface area (Å²) in [6, 6.07) is 49.8. The maximum absolute atomic E-state index is 6.70. The van der Waals surface area contributed by atoms with E-state index in [0.717, 1.165) is 39.0 Å². The first kappa shape index (κ1) is 23.8. The molecule has 1 aliphatic carbocycles. The van der Waals surface area contributed by atoms with Crippen molar-refractivity contribution >= 4 is 39.0 Å². The molecule has 0 fully saturated rings. The molecule has 41 heavy (non-hydrogen) atoms. The Balaban J connectivity index is 1.56. The Kier molecular flexibility index (Phi) is 5.20. The van der Waals surface area contributed by atoms with Gasteiger partial charge >= 0.3 is 0 Å². The monoisotopic (exact) mass is 527 g/mol. The molecule has 0 bridgehead atoms. The summed E-state index contributed by atoms with van der Waals surface area (Å²) in [6.45, 7) is 4.66. The number of anilines is 3. The van der Waals surface area contributed by atoms with Crippen LogP contribution in [-0.2, 0) is 5.41 Å². The van der Waals surface area contributed by atoms with Gasteiger partial charge in [0.2, 0.25) is 0 Å². The Hall–Kier alpha value is -5.08. The molecule has 2 nitrogen and oxygen atoms in total. The van der Waals surface area contributed by atoms with E-state index in [4.69, 9.17) is 4.42 Å². The van der Waals surface area contributed by atoms with Gasteiger partial charge in [0.05, 0.1) is 11.1 Å². The van der Waals surface area contributed by atoms with Crippen molar-refractivity contribution in [1.29, 1.82) is 0 Å². The third kappa shape index (κ3) is 3.57. The second kappa shape index (κ2) is 8.97. The largest absolute Gasteiger partial charge is 0.456 e. The number of benzene rings is 6. The third-order valence-corrected chi connectivity index (χ3v) is 8.64. The minimum absolute atomic E-state index is 0.165. The highest BCUT2D eigenvalue weighted by atomic mass is 16.3. The van der Waals surface area contributed by atoms with Gasteiger partial charge in [-0.25, -0.2) is 0 Å². The first-order chi connectivity index (χ1) is 20.1. The summed E-state index contributed by atoms with van der Waals surface area (Å²) in [7, 11) is 0. The van der Waals surface area contributed by atoms with Crippen molar-refractivity contribution in [3.8, 4) is 22.3 Å². The second-order valence-corrected chi connectivity index (χ2v) is 11.4. The fourth-order valence-electron chi connectivity index (χ4n) is 6.67. The zero-order valence-electron chi connectivity index (χ0n) is 23.1. The number of nitrogens with zero attached hydrogens (tertiary/aromatic N) is 1. The molecule has 1 aliphatic rings. The molecule has 0 aliphatic heterocycles. The van der Waals surface area contributed by atoms with E-state index in [1.54, 1.807) is 0 Å². The van der Waals surface area contributed by atoms with Gasteiger partial charge in [0, 0.05) is 27.7 Å². The van der Waals surface area contributed by atoms with E-state index in [2.05, 4.69) is 158 Å². The normalized spacial score (nSPS) is 13.3. The van der Waals surface area contributed by atoms with Gasteiger partial charge in [-0.3, -0.25) is 0 Å². The molecule has 0 saturated carbocycles. The summed E-state index contributed by atoms with van der Waals surface area (Å²) in [6.07, 6.45) is 0. The Labute approximate surface area is 240 Å². The number of hydrogen-bond acceptors (Lipinski definition) is 2. The number of fused-ring (bicyclic) bond motifs is 6. The molecule has 2 heteroatoms. The van der Waals surface area contributed by atoms with Crippen LogP contribution in [0.3, 0.4) is 0 Å². The van der Waals surface area contributed by atoms with Crippen molar-refractivity contribution in [3.63, 3.8) is 0 Å². The van der Waals surface area contributed by atoms with E-state index < -0.39 is 0 Å². The molecular formula is C39H29NO. The van der Waals surface area contributed by atoms with Crippen LogP contribution in [0.1, 0.15) is 25.0 Å². The number of furan rings is 1. The minimum Gasteiger partial charge on any atom is -0.456 e.